The molecule has 0 aromatic rings. The van der Waals surface area contributed by atoms with Crippen LogP contribution in [0.3, 0.4) is 0 Å². The average molecular weight is 246 g/mol. The first kappa shape index (κ1) is 11.7. The minimum atomic E-state index is -0.344. The summed E-state index contributed by atoms with van der Waals surface area (Å²) in [7, 11) is 0. The van der Waals surface area contributed by atoms with Gasteiger partial charge in [-0.2, -0.15) is 0 Å². The molecule has 2 bridgehead atoms. The molecule has 3 heteroatoms. The number of rotatable bonds is 1. The summed E-state index contributed by atoms with van der Waals surface area (Å²) in [6.45, 7) is 5.66. The molecular weight excluding hydrogens is 228 g/mol. The quantitative estimate of drug-likeness (QED) is 0.527. The lowest BCUT2D eigenvalue weighted by Crippen LogP contribution is -2.34. The lowest BCUT2D eigenvalue weighted by molar-refractivity contribution is -0.136. The van der Waals surface area contributed by atoms with Crippen molar-refractivity contribution in [3.63, 3.8) is 0 Å². The number of allylic oxidation sites excluding steroid dienone is 1. The summed E-state index contributed by atoms with van der Waals surface area (Å²) >= 11 is 0. The highest BCUT2D eigenvalue weighted by Gasteiger charge is 2.50. The highest BCUT2D eigenvalue weighted by Crippen LogP contribution is 2.51. The van der Waals surface area contributed by atoms with Gasteiger partial charge in [-0.05, 0) is 43.4 Å². The van der Waals surface area contributed by atoms with Crippen LogP contribution in [0.2, 0.25) is 0 Å². The van der Waals surface area contributed by atoms with Gasteiger partial charge in [0.15, 0.2) is 0 Å². The molecule has 0 radical (unpaired) electrons. The summed E-state index contributed by atoms with van der Waals surface area (Å²) < 4.78 is 11.6. The van der Waals surface area contributed by atoms with Crippen molar-refractivity contribution < 1.29 is 14.3 Å². The molecule has 1 aliphatic carbocycles. The molecule has 18 heavy (non-hydrogen) atoms. The third-order valence-corrected chi connectivity index (χ3v) is 4.23. The second-order valence-electron chi connectivity index (χ2n) is 5.46. The first-order chi connectivity index (χ1) is 8.53. The van der Waals surface area contributed by atoms with Gasteiger partial charge >= 0.3 is 5.97 Å². The summed E-state index contributed by atoms with van der Waals surface area (Å²) in [5.74, 6) is 0.868. The van der Waals surface area contributed by atoms with Gasteiger partial charge in [-0.25, -0.2) is 0 Å². The Bertz CT molecular complexity index is 498. The van der Waals surface area contributed by atoms with E-state index in [1.807, 2.05) is 13.0 Å². The fourth-order valence-corrected chi connectivity index (χ4v) is 3.22. The summed E-state index contributed by atoms with van der Waals surface area (Å²) in [5, 5.41) is 0. The number of fused-ring (bicyclic) bond motifs is 1. The Balaban J connectivity index is 2.14. The minimum Gasteiger partial charge on any atom is -0.427 e. The molecule has 0 aromatic heterocycles. The molecule has 0 saturated heterocycles. The molecule has 2 aliphatic heterocycles. The van der Waals surface area contributed by atoms with Crippen LogP contribution >= 0.6 is 0 Å². The van der Waals surface area contributed by atoms with Gasteiger partial charge in [0, 0.05) is 12.5 Å². The number of hydrogen-bond acceptors (Lipinski definition) is 3. The zero-order valence-electron chi connectivity index (χ0n) is 11.0. The van der Waals surface area contributed by atoms with Gasteiger partial charge in [-0.3, -0.25) is 4.79 Å². The van der Waals surface area contributed by atoms with Crippen molar-refractivity contribution >= 4 is 5.97 Å². The lowest BCUT2D eigenvalue weighted by Gasteiger charge is -2.29. The topological polar surface area (TPSA) is 35.5 Å². The maximum Gasteiger partial charge on any atom is 0.308 e. The molecule has 3 unspecified atom stereocenters. The van der Waals surface area contributed by atoms with Crippen LogP contribution in [-0.2, 0) is 14.3 Å². The molecule has 3 rings (SSSR count). The van der Waals surface area contributed by atoms with Crippen molar-refractivity contribution in [2.24, 2.45) is 5.92 Å². The van der Waals surface area contributed by atoms with Gasteiger partial charge in [-0.15, -0.1) is 0 Å². The lowest BCUT2D eigenvalue weighted by atomic mass is 9.88. The number of carbonyl (C=O) groups is 1. The molecule has 1 saturated carbocycles. The van der Waals surface area contributed by atoms with Crippen LogP contribution in [0, 0.1) is 5.92 Å². The van der Waals surface area contributed by atoms with Crippen molar-refractivity contribution in [3.8, 4) is 0 Å². The Morgan fingerprint density at radius 1 is 1.56 bits per heavy atom. The number of hydrogen-bond donors (Lipinski definition) is 0. The molecule has 0 amide bonds. The van der Waals surface area contributed by atoms with E-state index in [9.17, 15) is 4.79 Å². The van der Waals surface area contributed by atoms with E-state index in [1.165, 1.54) is 6.92 Å². The molecule has 3 nitrogen and oxygen atoms in total. The molecular formula is C15H18O3. The second-order valence-corrected chi connectivity index (χ2v) is 5.46. The molecule has 0 aromatic carbocycles. The molecule has 1 spiro atoms. The van der Waals surface area contributed by atoms with E-state index in [1.54, 1.807) is 0 Å². The maximum atomic E-state index is 11.3. The van der Waals surface area contributed by atoms with Gasteiger partial charge < -0.3 is 9.47 Å². The summed E-state index contributed by atoms with van der Waals surface area (Å²) in [6.07, 6.45) is 8.27. The highest BCUT2D eigenvalue weighted by molar-refractivity contribution is 5.68. The third kappa shape index (κ3) is 1.50. The van der Waals surface area contributed by atoms with Crippen LogP contribution in [0.15, 0.2) is 35.1 Å². The Morgan fingerprint density at radius 3 is 3.06 bits per heavy atom. The Hall–Kier alpha value is -1.35. The van der Waals surface area contributed by atoms with Crippen LogP contribution in [0.5, 0.6) is 0 Å². The fraction of sp³-hybridized carbons (Fsp3) is 0.533. The first-order valence-electron chi connectivity index (χ1n) is 6.50. The summed E-state index contributed by atoms with van der Waals surface area (Å²) in [6, 6.07) is 0. The Labute approximate surface area is 107 Å². The zero-order valence-corrected chi connectivity index (χ0v) is 11.0. The van der Waals surface area contributed by atoms with Crippen molar-refractivity contribution in [3.05, 3.63) is 35.1 Å². The molecule has 0 N–H and O–H groups in total. The number of carbonyl (C=O) groups excluding carboxylic acids is 1. The van der Waals surface area contributed by atoms with Gasteiger partial charge in [0.1, 0.15) is 11.4 Å². The zero-order chi connectivity index (χ0) is 12.9. The molecule has 96 valence electrons. The smallest absolute Gasteiger partial charge is 0.308 e. The van der Waals surface area contributed by atoms with Crippen molar-refractivity contribution in [1.29, 1.82) is 0 Å². The van der Waals surface area contributed by atoms with E-state index >= 15 is 0 Å². The normalized spacial score (nSPS) is 37.4. The van der Waals surface area contributed by atoms with E-state index in [2.05, 4.69) is 19.1 Å². The maximum absolute atomic E-state index is 11.3. The van der Waals surface area contributed by atoms with Crippen LogP contribution in [-0.4, -0.2) is 17.7 Å². The first-order valence-corrected chi connectivity index (χ1v) is 6.50. The Morgan fingerprint density at radius 2 is 2.33 bits per heavy atom. The average Bonchev–Trinajstić information content (AvgIpc) is 2.82. The van der Waals surface area contributed by atoms with E-state index in [0.717, 1.165) is 24.0 Å². The van der Waals surface area contributed by atoms with Crippen LogP contribution < -0.4 is 0 Å². The van der Waals surface area contributed by atoms with E-state index in [4.69, 9.17) is 9.47 Å². The predicted octanol–water partition coefficient (Wildman–Crippen LogP) is 2.89. The summed E-state index contributed by atoms with van der Waals surface area (Å²) in [5.41, 5.74) is 1.87. The number of esters is 1. The predicted molar refractivity (Wildman–Crippen MR) is 67.7 cm³/mol. The van der Waals surface area contributed by atoms with Crippen LogP contribution in [0.4, 0.5) is 0 Å². The summed E-state index contributed by atoms with van der Waals surface area (Å²) in [4.78, 5) is 11.3. The van der Waals surface area contributed by atoms with E-state index in [-0.39, 0.29) is 17.7 Å². The Kier molecular flexibility index (Phi) is 2.49. The molecule has 2 heterocycles. The minimum absolute atomic E-state index is 0.0219. The van der Waals surface area contributed by atoms with E-state index in [0.29, 0.717) is 11.7 Å². The van der Waals surface area contributed by atoms with Gasteiger partial charge in [-0.1, -0.05) is 13.0 Å². The fourth-order valence-electron chi connectivity index (χ4n) is 3.22. The van der Waals surface area contributed by atoms with Crippen molar-refractivity contribution in [1.82, 2.24) is 0 Å². The second kappa shape index (κ2) is 3.82. The van der Waals surface area contributed by atoms with Gasteiger partial charge in [0.2, 0.25) is 0 Å². The molecule has 3 aliphatic rings. The standard InChI is InChI=1S/C15H18O3/c1-9-8-14(17-11(3)16)12-5-4-10(2)15(12)7-6-13(9)18-15/h6-8,10,13H,4-5H2,1-3H3. The van der Waals surface area contributed by atoms with Crippen LogP contribution in [0.25, 0.3) is 0 Å². The number of ether oxygens (including phenoxy) is 2. The van der Waals surface area contributed by atoms with Crippen molar-refractivity contribution in [2.45, 2.75) is 45.3 Å². The van der Waals surface area contributed by atoms with Gasteiger partial charge in [0.25, 0.3) is 0 Å². The van der Waals surface area contributed by atoms with E-state index < -0.39 is 0 Å². The third-order valence-electron chi connectivity index (χ3n) is 4.23. The monoisotopic (exact) mass is 246 g/mol. The van der Waals surface area contributed by atoms with Crippen molar-refractivity contribution in [2.75, 3.05) is 0 Å². The highest BCUT2D eigenvalue weighted by atomic mass is 16.5. The molecule has 1 fully saturated rings. The SMILES string of the molecule is CC(=O)OC1=C2CCC(C)C23C=CC(O3)C(C)=C1. The van der Waals surface area contributed by atoms with Gasteiger partial charge in [0.05, 0.1) is 6.10 Å². The van der Waals surface area contributed by atoms with Crippen LogP contribution in [0.1, 0.15) is 33.6 Å². The largest absolute Gasteiger partial charge is 0.427 e. The molecule has 3 atom stereocenters.